The zero-order chi connectivity index (χ0) is 44.6. The molecule has 4 aromatic heterocycles. The van der Waals surface area contributed by atoms with E-state index in [1.165, 1.54) is 9.36 Å². The molecule has 0 aliphatic heterocycles. The average Bonchev–Trinajstić information content (AvgIpc) is 3.90. The molecule has 6 aromatic carbocycles. The maximum atomic E-state index is 13.0. The van der Waals surface area contributed by atoms with Crippen LogP contribution in [0.25, 0.3) is 44.8 Å². The van der Waals surface area contributed by atoms with Crippen molar-refractivity contribution >= 4 is 81.0 Å². The first-order valence-electron chi connectivity index (χ1n) is 19.8. The van der Waals surface area contributed by atoms with Crippen molar-refractivity contribution in [2.45, 2.75) is 12.3 Å². The number of aromatic nitrogens is 4. The highest BCUT2D eigenvalue weighted by atomic mass is 35.5. The van der Waals surface area contributed by atoms with Gasteiger partial charge in [0, 0.05) is 32.2 Å². The van der Waals surface area contributed by atoms with Crippen molar-refractivity contribution in [3.63, 3.8) is 0 Å². The van der Waals surface area contributed by atoms with Gasteiger partial charge in [0.1, 0.15) is 33.8 Å². The molecule has 2 N–H and O–H groups in total. The number of nitrogens with zero attached hydrogens (tertiary/aromatic N) is 4. The van der Waals surface area contributed by atoms with E-state index >= 15 is 0 Å². The fourth-order valence-electron chi connectivity index (χ4n) is 7.09. The molecule has 65 heavy (non-hydrogen) atoms. The molecule has 0 bridgehead atoms. The predicted molar refractivity (Wildman–Crippen MR) is 253 cm³/mol. The van der Waals surface area contributed by atoms with Gasteiger partial charge in [-0.25, -0.2) is 9.59 Å². The van der Waals surface area contributed by atoms with Gasteiger partial charge in [0.05, 0.1) is 0 Å². The summed E-state index contributed by atoms with van der Waals surface area (Å²) in [5, 5.41) is 18.7. The topological polar surface area (TPSA) is 156 Å². The van der Waals surface area contributed by atoms with E-state index in [9.17, 15) is 9.59 Å². The van der Waals surface area contributed by atoms with Gasteiger partial charge in [-0.2, -0.15) is 9.36 Å². The minimum Gasteiger partial charge on any atom is -0.457 e. The van der Waals surface area contributed by atoms with Crippen molar-refractivity contribution in [2.75, 3.05) is 10.6 Å². The normalized spacial score (nSPS) is 12.3. The van der Waals surface area contributed by atoms with Crippen LogP contribution in [-0.4, -0.2) is 19.6 Å². The van der Waals surface area contributed by atoms with Crippen LogP contribution in [0.1, 0.15) is 23.5 Å². The molecule has 0 saturated heterocycles. The van der Waals surface area contributed by atoms with E-state index in [0.29, 0.717) is 54.9 Å². The molecule has 2 atom stereocenters. The second-order valence-electron chi connectivity index (χ2n) is 14.6. The second-order valence-corrected chi connectivity index (χ2v) is 16.1. The molecular weight excluding hydrogens is 908 g/mol. The number of benzene rings is 6. The fraction of sp³-hybridized carbons (Fsp3) is 0.0417. The quantitative estimate of drug-likeness (QED) is 0.0882. The Kier molecular flexibility index (Phi) is 11.2. The van der Waals surface area contributed by atoms with Gasteiger partial charge in [0.2, 0.25) is 0 Å². The Hall–Kier alpha value is -7.56. The van der Waals surface area contributed by atoms with Crippen LogP contribution >= 0.6 is 47.6 Å². The van der Waals surface area contributed by atoms with E-state index in [4.69, 9.17) is 70.0 Å². The molecule has 0 spiro atoms. The minimum atomic E-state index is -0.662. The summed E-state index contributed by atoms with van der Waals surface area (Å²) in [5.41, 5.74) is 2.91. The summed E-state index contributed by atoms with van der Waals surface area (Å²) in [6.45, 7) is 0. The maximum absolute atomic E-state index is 13.0. The van der Waals surface area contributed by atoms with E-state index in [1.807, 2.05) is 97.1 Å². The van der Waals surface area contributed by atoms with Crippen molar-refractivity contribution in [1.29, 1.82) is 0 Å². The molecule has 0 radical (unpaired) electrons. The third-order valence-electron chi connectivity index (χ3n) is 10.3. The van der Waals surface area contributed by atoms with E-state index in [-0.39, 0.29) is 32.6 Å². The number of fused-ring (bicyclic) bond motifs is 2. The highest BCUT2D eigenvalue weighted by Gasteiger charge is 2.24. The number of ether oxygens (including phenoxy) is 1. The summed E-state index contributed by atoms with van der Waals surface area (Å²) < 4.78 is 32.0. The fourth-order valence-corrected chi connectivity index (χ4v) is 7.80. The van der Waals surface area contributed by atoms with Crippen LogP contribution in [-0.2, 0) is 0 Å². The number of halogens is 2. The van der Waals surface area contributed by atoms with Crippen molar-refractivity contribution in [3.8, 4) is 34.4 Å². The van der Waals surface area contributed by atoms with E-state index in [2.05, 4.69) is 20.8 Å². The lowest BCUT2D eigenvalue weighted by Gasteiger charge is -2.21. The molecule has 10 rings (SSSR count). The van der Waals surface area contributed by atoms with Crippen molar-refractivity contribution in [1.82, 2.24) is 19.6 Å². The summed E-state index contributed by atoms with van der Waals surface area (Å²) in [5.74, 6) is 1.18. The van der Waals surface area contributed by atoms with Crippen LogP contribution in [0, 0.1) is 9.67 Å². The highest BCUT2D eigenvalue weighted by Crippen LogP contribution is 2.31. The van der Waals surface area contributed by atoms with Gasteiger partial charge in [-0.1, -0.05) is 83.9 Å². The van der Waals surface area contributed by atoms with Crippen LogP contribution in [0.3, 0.4) is 0 Å². The van der Waals surface area contributed by atoms with Crippen molar-refractivity contribution in [2.24, 2.45) is 0 Å². The molecule has 0 amide bonds. The monoisotopic (exact) mass is 936 g/mol. The van der Waals surface area contributed by atoms with Gasteiger partial charge in [-0.05, 0) is 133 Å². The number of anilines is 2. The molecule has 10 aromatic rings. The zero-order valence-electron chi connectivity index (χ0n) is 33.4. The van der Waals surface area contributed by atoms with Crippen LogP contribution < -0.4 is 26.6 Å². The molecule has 2 unspecified atom stereocenters. The molecule has 17 heteroatoms. The van der Waals surface area contributed by atoms with Crippen LogP contribution in [0.15, 0.2) is 185 Å². The first kappa shape index (κ1) is 41.5. The van der Waals surface area contributed by atoms with Crippen molar-refractivity contribution in [3.05, 3.63) is 209 Å². The van der Waals surface area contributed by atoms with Crippen LogP contribution in [0.5, 0.6) is 11.5 Å². The van der Waals surface area contributed by atoms with Gasteiger partial charge < -0.3 is 33.0 Å². The molecular formula is C48H30Cl2N6O7S2. The van der Waals surface area contributed by atoms with Crippen LogP contribution in [0.4, 0.5) is 11.4 Å². The third-order valence-corrected chi connectivity index (χ3v) is 11.3. The van der Waals surface area contributed by atoms with Gasteiger partial charge in [0.15, 0.2) is 12.3 Å². The first-order chi connectivity index (χ1) is 31.6. The second kappa shape index (κ2) is 17.5. The number of rotatable bonds is 12. The SMILES string of the molecule is O=c1oc2ccccc2cc1-c1nn(C(Nc2ccc(Oc3ccc(NC(c4ccc(Cl)cc4)n4nc(-c5cc6ccccc6oc5=O)oc4=S)cc3)cc2)c2ccc(Cl)cc2)c(=S)o1. The Balaban J connectivity index is 0.875. The Bertz CT molecular complexity index is 3370. The summed E-state index contributed by atoms with van der Waals surface area (Å²) in [6.07, 6.45) is -1.32. The van der Waals surface area contributed by atoms with Gasteiger partial charge in [-0.3, -0.25) is 0 Å². The van der Waals surface area contributed by atoms with Crippen molar-refractivity contribution < 1.29 is 22.4 Å². The molecule has 4 heterocycles. The Morgan fingerprint density at radius 2 is 0.892 bits per heavy atom. The van der Waals surface area contributed by atoms with Gasteiger partial charge in [-0.15, -0.1) is 10.2 Å². The number of hydrogen-bond acceptors (Lipinski definition) is 13. The molecule has 320 valence electrons. The Labute approximate surface area is 387 Å². The lowest BCUT2D eigenvalue weighted by molar-refractivity contribution is 0.482. The maximum Gasteiger partial charge on any atom is 0.349 e. The Morgan fingerprint density at radius 1 is 0.508 bits per heavy atom. The minimum absolute atomic E-state index is 0.0180. The highest BCUT2D eigenvalue weighted by molar-refractivity contribution is 7.71. The summed E-state index contributed by atoms with van der Waals surface area (Å²) in [4.78, 5) is 26.0. The van der Waals surface area contributed by atoms with Gasteiger partial charge >= 0.3 is 11.3 Å². The molecule has 0 saturated carbocycles. The largest absolute Gasteiger partial charge is 0.457 e. The predicted octanol–water partition coefficient (Wildman–Crippen LogP) is 12.7. The van der Waals surface area contributed by atoms with E-state index in [1.54, 1.807) is 60.7 Å². The van der Waals surface area contributed by atoms with E-state index in [0.717, 1.165) is 11.1 Å². The third kappa shape index (κ3) is 8.73. The standard InChI is InChI=1S/C48H30Cl2N6O7S2/c49-31-13-9-27(10-14-31)41(55-47(64)62-43(53-55)37-25-29-5-1-3-7-39(29)60-45(37)57)51-33-17-21-35(22-18-33)59-36-23-19-34(20-24-36)52-42(28-11-15-32(50)16-12-28)56-48(65)63-44(54-56)38-26-30-6-2-4-8-40(30)61-46(38)58/h1-26,41-42,51-52H. The smallest absolute Gasteiger partial charge is 0.349 e. The number of para-hydroxylation sites is 2. The van der Waals surface area contributed by atoms with Gasteiger partial charge in [0.25, 0.3) is 21.5 Å². The lowest BCUT2D eigenvalue weighted by atomic mass is 10.1. The van der Waals surface area contributed by atoms with Crippen LogP contribution in [0.2, 0.25) is 10.0 Å². The Morgan fingerprint density at radius 3 is 1.29 bits per heavy atom. The summed E-state index contributed by atoms with van der Waals surface area (Å²) in [7, 11) is 0. The lowest BCUT2D eigenvalue weighted by Crippen LogP contribution is -2.21. The summed E-state index contributed by atoms with van der Waals surface area (Å²) >= 11 is 23.8. The molecule has 13 nitrogen and oxygen atoms in total. The average molecular weight is 938 g/mol. The number of nitrogens with one attached hydrogen (secondary N) is 2. The first-order valence-corrected chi connectivity index (χ1v) is 21.4. The number of hydrogen-bond donors (Lipinski definition) is 2. The zero-order valence-corrected chi connectivity index (χ0v) is 36.5. The molecule has 0 fully saturated rings. The molecule has 0 aliphatic carbocycles. The molecule has 0 aliphatic rings. The summed E-state index contributed by atoms with van der Waals surface area (Å²) in [6, 6.07) is 46.8. The van der Waals surface area contributed by atoms with E-state index < -0.39 is 23.6 Å².